The standard InChI is InChI=1S/C30H37N5O12.C15H17N3O8.C11H15NO6S/c36-21(5-3-18-46-19-14-30(45)47-35-28(43)10-11-29(35)44)20(32-23(38)13-17-34-26(41)8-9-27(34)42)4-1-2-15-31-22(37)12-16-33-24(39)6-7-25(33)40;19-10(9-17-11(20)1-2-12(17)21)16-6-8-25-7-5-15(24)26-18-13(22)3-4-14(18)23;1-8(13)19-7-6-17-5-4-11(16)18-12-9(14)2-3-10(12)15/h6-9,20H,1-5,10-19H2,(H,31,37)(H,32,38);1-2H,3-9H2,(H,16,19);2-7H2,1H3. The van der Waals surface area contributed by atoms with Gasteiger partial charge >= 0.3 is 17.9 Å². The lowest BCUT2D eigenvalue weighted by Gasteiger charge is -2.19. The molecule has 0 aliphatic carbocycles. The molecule has 3 fully saturated rings. The fourth-order valence-corrected chi connectivity index (χ4v) is 8.59. The quantitative estimate of drug-likeness (QED) is 0.0414. The van der Waals surface area contributed by atoms with E-state index in [1.807, 2.05) is 0 Å². The number of hydrogen-bond acceptors (Lipinski definition) is 27. The van der Waals surface area contributed by atoms with Crippen LogP contribution in [0.3, 0.4) is 0 Å². The Morgan fingerprint density at radius 1 is 0.424 bits per heavy atom. The minimum Gasteiger partial charge on any atom is -0.381 e. The molecule has 6 aliphatic rings. The van der Waals surface area contributed by atoms with Crippen LogP contribution in [0.5, 0.6) is 0 Å². The molecule has 0 spiro atoms. The van der Waals surface area contributed by atoms with Gasteiger partial charge in [-0.2, -0.15) is 0 Å². The zero-order chi connectivity index (χ0) is 67.7. The fraction of sp³-hybridized carbons (Fsp3) is 0.536. The molecule has 0 aromatic rings. The lowest BCUT2D eigenvalue weighted by atomic mass is 10.0. The topological polar surface area (TPSA) is 452 Å². The summed E-state index contributed by atoms with van der Waals surface area (Å²) in [5, 5.41) is 9.22. The molecule has 0 bridgehead atoms. The first kappa shape index (κ1) is 74.9. The highest BCUT2D eigenvalue weighted by Crippen LogP contribution is 2.16. The summed E-state index contributed by atoms with van der Waals surface area (Å²) in [4.78, 5) is 248. The Hall–Kier alpha value is -9.55. The van der Waals surface area contributed by atoms with Crippen molar-refractivity contribution < 1.29 is 125 Å². The SMILES string of the molecule is CC(=O)SCCOCCC(=O)ON1C(=O)CCC1=O.O=C(CCN1C(=O)C=CC1=O)NCCCCC(NC(=O)CCN1C(=O)C=CC1=O)C(=O)CCCOCCC(=O)ON1C(=O)CCC1=O.O=C(CN1C(=O)C=CC1=O)NCCOCCC(=O)ON1C(=O)CCC1=O. The summed E-state index contributed by atoms with van der Waals surface area (Å²) in [7, 11) is 0. The molecule has 15 amide bonds. The molecule has 0 radical (unpaired) electrons. The summed E-state index contributed by atoms with van der Waals surface area (Å²) in [6, 6.07) is -0.883. The number of hydrogen-bond donors (Lipinski definition) is 3. The second kappa shape index (κ2) is 39.6. The van der Waals surface area contributed by atoms with E-state index in [-0.39, 0.29) is 172 Å². The largest absolute Gasteiger partial charge is 0.381 e. The average Bonchev–Trinajstić information content (AvgIpc) is 2.58. The van der Waals surface area contributed by atoms with Crippen molar-refractivity contribution in [3.8, 4) is 0 Å². The van der Waals surface area contributed by atoms with E-state index in [1.54, 1.807) is 0 Å². The van der Waals surface area contributed by atoms with Gasteiger partial charge in [-0.15, -0.1) is 15.2 Å². The van der Waals surface area contributed by atoms with E-state index < -0.39 is 107 Å². The summed E-state index contributed by atoms with van der Waals surface area (Å²) in [6.45, 7) is 1.82. The lowest BCUT2D eigenvalue weighted by molar-refractivity contribution is -0.198. The second-order valence-corrected chi connectivity index (χ2v) is 21.1. The normalized spacial score (nSPS) is 16.2. The summed E-state index contributed by atoms with van der Waals surface area (Å²) in [5.74, 6) is -9.87. The van der Waals surface area contributed by atoms with Gasteiger partial charge in [-0.1, -0.05) is 11.8 Å². The molecule has 6 aliphatic heterocycles. The number of rotatable bonds is 37. The fourth-order valence-electron chi connectivity index (χ4n) is 8.10. The molecule has 6 heterocycles. The number of carbonyl (C=O) groups excluding carboxylic acids is 20. The molecule has 92 heavy (non-hydrogen) atoms. The predicted molar refractivity (Wildman–Crippen MR) is 304 cm³/mol. The molecule has 6 rings (SSSR count). The predicted octanol–water partition coefficient (Wildman–Crippen LogP) is -2.93. The van der Waals surface area contributed by atoms with E-state index in [4.69, 9.17) is 19.0 Å². The van der Waals surface area contributed by atoms with Gasteiger partial charge in [0.15, 0.2) is 10.9 Å². The maximum atomic E-state index is 13.0. The van der Waals surface area contributed by atoms with Crippen molar-refractivity contribution in [3.63, 3.8) is 0 Å². The Morgan fingerprint density at radius 2 is 0.804 bits per heavy atom. The van der Waals surface area contributed by atoms with E-state index in [0.717, 1.165) is 62.9 Å². The van der Waals surface area contributed by atoms with Crippen molar-refractivity contribution in [1.29, 1.82) is 0 Å². The maximum Gasteiger partial charge on any atom is 0.335 e. The van der Waals surface area contributed by atoms with Crippen LogP contribution in [0.2, 0.25) is 0 Å². The number of nitrogens with zero attached hydrogens (tertiary/aromatic N) is 6. The van der Waals surface area contributed by atoms with Gasteiger partial charge < -0.3 is 44.7 Å². The number of unbranched alkanes of at least 4 members (excludes halogenated alkanes) is 1. The number of Topliss-reactive ketones (excluding diaryl/α,β-unsaturated/α-hetero) is 1. The zero-order valence-electron chi connectivity index (χ0n) is 50.0. The van der Waals surface area contributed by atoms with Crippen LogP contribution < -0.4 is 16.0 Å². The van der Waals surface area contributed by atoms with Crippen molar-refractivity contribution in [1.82, 2.24) is 45.8 Å². The Balaban J connectivity index is 0.000000334. The minimum absolute atomic E-state index is 0.00840. The van der Waals surface area contributed by atoms with Crippen LogP contribution in [0.15, 0.2) is 36.5 Å². The van der Waals surface area contributed by atoms with Gasteiger partial charge in [-0.3, -0.25) is 96.2 Å². The minimum atomic E-state index is -0.883. The van der Waals surface area contributed by atoms with Crippen LogP contribution in [-0.2, 0) is 125 Å². The smallest absolute Gasteiger partial charge is 0.335 e. The Morgan fingerprint density at radius 3 is 1.23 bits per heavy atom. The molecule has 0 aromatic heterocycles. The van der Waals surface area contributed by atoms with Gasteiger partial charge in [0, 0.05) is 140 Å². The van der Waals surface area contributed by atoms with Crippen LogP contribution in [0.25, 0.3) is 0 Å². The van der Waals surface area contributed by atoms with Gasteiger partial charge in [0.2, 0.25) is 17.7 Å². The van der Waals surface area contributed by atoms with E-state index in [0.29, 0.717) is 40.4 Å². The van der Waals surface area contributed by atoms with E-state index in [1.165, 1.54) is 6.92 Å². The molecule has 0 aromatic carbocycles. The van der Waals surface area contributed by atoms with Crippen LogP contribution >= 0.6 is 11.8 Å². The van der Waals surface area contributed by atoms with Crippen LogP contribution in [0.4, 0.5) is 0 Å². The average molecular weight is 1320 g/mol. The second-order valence-electron chi connectivity index (χ2n) is 19.9. The monoisotopic (exact) mass is 1320 g/mol. The van der Waals surface area contributed by atoms with Crippen molar-refractivity contribution >= 4 is 129 Å². The van der Waals surface area contributed by atoms with Crippen LogP contribution in [0, 0.1) is 0 Å². The molecule has 500 valence electrons. The molecule has 0 saturated carbocycles. The highest BCUT2D eigenvalue weighted by Gasteiger charge is 2.35. The number of amides is 15. The number of ketones is 1. The van der Waals surface area contributed by atoms with Crippen molar-refractivity contribution in [2.75, 3.05) is 78.1 Å². The number of thioether (sulfide) groups is 1. The number of imide groups is 6. The molecule has 3 saturated heterocycles. The summed E-state index contributed by atoms with van der Waals surface area (Å²) in [6.07, 6.45) is 7.53. The molecule has 36 heteroatoms. The van der Waals surface area contributed by atoms with Crippen LogP contribution in [0.1, 0.15) is 110 Å². The molecule has 1 unspecified atom stereocenters. The lowest BCUT2D eigenvalue weighted by Crippen LogP contribution is -2.42. The first-order chi connectivity index (χ1) is 43.8. The van der Waals surface area contributed by atoms with Gasteiger partial charge in [-0.25, -0.2) is 14.4 Å². The summed E-state index contributed by atoms with van der Waals surface area (Å²) in [5.41, 5.74) is 0. The molecular weight excluding hydrogens is 1250 g/mol. The first-order valence-electron chi connectivity index (χ1n) is 28.9. The molecule has 1 atom stereocenters. The van der Waals surface area contributed by atoms with Crippen molar-refractivity contribution in [2.24, 2.45) is 0 Å². The van der Waals surface area contributed by atoms with E-state index in [9.17, 15) is 95.9 Å². The number of ether oxygens (including phenoxy) is 3. The first-order valence-corrected chi connectivity index (χ1v) is 29.9. The van der Waals surface area contributed by atoms with Gasteiger partial charge in [0.05, 0.1) is 58.3 Å². The summed E-state index contributed by atoms with van der Waals surface area (Å²) >= 11 is 1.14. The van der Waals surface area contributed by atoms with E-state index >= 15 is 0 Å². The third kappa shape index (κ3) is 26.9. The third-order valence-corrected chi connectivity index (χ3v) is 13.6. The zero-order valence-corrected chi connectivity index (χ0v) is 50.9. The molecular formula is C56H69N9O26S. The van der Waals surface area contributed by atoms with Crippen molar-refractivity contribution in [2.45, 2.75) is 116 Å². The molecule has 3 N–H and O–H groups in total. The summed E-state index contributed by atoms with van der Waals surface area (Å²) < 4.78 is 15.6. The Kier molecular flexibility index (Phi) is 32.2. The van der Waals surface area contributed by atoms with Crippen molar-refractivity contribution in [3.05, 3.63) is 36.5 Å². The molecule has 35 nitrogen and oxygen atoms in total. The number of hydroxylamine groups is 6. The highest BCUT2D eigenvalue weighted by molar-refractivity contribution is 8.13. The number of carbonyl (C=O) groups is 20. The van der Waals surface area contributed by atoms with E-state index in [2.05, 4.69) is 25.6 Å². The van der Waals surface area contributed by atoms with Crippen LogP contribution in [-0.4, -0.2) is 231 Å². The Labute approximate surface area is 528 Å². The third-order valence-electron chi connectivity index (χ3n) is 12.9. The van der Waals surface area contributed by atoms with Gasteiger partial charge in [-0.05, 0) is 25.7 Å². The highest BCUT2D eigenvalue weighted by atomic mass is 32.2. The van der Waals surface area contributed by atoms with Gasteiger partial charge in [0.25, 0.3) is 70.9 Å². The Bertz CT molecular complexity index is 2860. The number of nitrogens with one attached hydrogen (secondary N) is 3. The van der Waals surface area contributed by atoms with Gasteiger partial charge in [0.1, 0.15) is 6.54 Å². The maximum absolute atomic E-state index is 13.0.